The van der Waals surface area contributed by atoms with Crippen LogP contribution in [0.4, 0.5) is 0 Å². The fourth-order valence-electron chi connectivity index (χ4n) is 3.74. The molecule has 1 fully saturated rings. The highest BCUT2D eigenvalue weighted by Gasteiger charge is 2.47. The number of benzene rings is 1. The van der Waals surface area contributed by atoms with Crippen molar-refractivity contribution in [1.82, 2.24) is 4.98 Å². The van der Waals surface area contributed by atoms with Crippen LogP contribution in [0.3, 0.4) is 0 Å². The van der Waals surface area contributed by atoms with Gasteiger partial charge in [0.15, 0.2) is 0 Å². The second kappa shape index (κ2) is 5.60. The zero-order valence-corrected chi connectivity index (χ0v) is 14.6. The molecule has 24 heavy (non-hydrogen) atoms. The summed E-state index contributed by atoms with van der Waals surface area (Å²) in [5, 5.41) is 21.5. The Morgan fingerprint density at radius 1 is 1.29 bits per heavy atom. The molecule has 1 aliphatic heterocycles. The highest BCUT2D eigenvalue weighted by Crippen LogP contribution is 2.45. The molecule has 0 bridgehead atoms. The monoisotopic (exact) mass is 331 g/mol. The van der Waals surface area contributed by atoms with Crippen LogP contribution >= 0.6 is 0 Å². The summed E-state index contributed by atoms with van der Waals surface area (Å²) in [5.41, 5.74) is -0.687. The summed E-state index contributed by atoms with van der Waals surface area (Å²) in [6.07, 6.45) is 0.672. The van der Waals surface area contributed by atoms with Crippen LogP contribution in [0, 0.1) is 0 Å². The number of aromatic amines is 1. The smallest absolute Gasteiger partial charge is 0.255 e. The van der Waals surface area contributed by atoms with Gasteiger partial charge in [0, 0.05) is 11.3 Å². The normalized spacial score (nSPS) is 28.0. The van der Waals surface area contributed by atoms with Crippen LogP contribution in [0.2, 0.25) is 0 Å². The molecule has 2 aromatic rings. The van der Waals surface area contributed by atoms with Crippen molar-refractivity contribution >= 4 is 10.9 Å². The zero-order chi connectivity index (χ0) is 17.7. The Kier molecular flexibility index (Phi) is 3.97. The minimum atomic E-state index is -0.694. The van der Waals surface area contributed by atoms with Crippen LogP contribution in [0.25, 0.3) is 10.9 Å². The van der Waals surface area contributed by atoms with E-state index in [1.165, 1.54) is 0 Å². The van der Waals surface area contributed by atoms with Crippen molar-refractivity contribution in [2.75, 3.05) is 0 Å². The Morgan fingerprint density at radius 3 is 2.62 bits per heavy atom. The molecule has 3 atom stereocenters. The summed E-state index contributed by atoms with van der Waals surface area (Å²) in [7, 11) is 0. The lowest BCUT2D eigenvalue weighted by molar-refractivity contribution is -0.221. The third kappa shape index (κ3) is 2.62. The van der Waals surface area contributed by atoms with Gasteiger partial charge in [-0.15, -0.1) is 0 Å². The lowest BCUT2D eigenvalue weighted by Crippen LogP contribution is -2.54. The maximum Gasteiger partial charge on any atom is 0.255 e. The number of aliphatic hydroxyl groups is 1. The number of ether oxygens (including phenoxy) is 1. The second-order valence-corrected chi connectivity index (χ2v) is 7.56. The van der Waals surface area contributed by atoms with Crippen LogP contribution < -0.4 is 5.56 Å². The molecule has 1 aromatic heterocycles. The number of nitrogens with one attached hydrogen (secondary N) is 1. The van der Waals surface area contributed by atoms with E-state index in [-0.39, 0.29) is 17.2 Å². The minimum absolute atomic E-state index is 0.00982. The molecule has 130 valence electrons. The molecule has 5 nitrogen and oxygen atoms in total. The molecule has 5 heteroatoms. The van der Waals surface area contributed by atoms with Crippen LogP contribution in [0.5, 0.6) is 5.75 Å². The summed E-state index contributed by atoms with van der Waals surface area (Å²) < 4.78 is 6.20. The summed E-state index contributed by atoms with van der Waals surface area (Å²) in [6, 6.07) is 7.20. The second-order valence-electron chi connectivity index (χ2n) is 7.56. The number of H-pyrrole nitrogens is 1. The van der Waals surface area contributed by atoms with Gasteiger partial charge in [-0.25, -0.2) is 0 Å². The summed E-state index contributed by atoms with van der Waals surface area (Å²) >= 11 is 0. The fraction of sp³-hybridized carbons (Fsp3) is 0.526. The number of pyridine rings is 1. The van der Waals surface area contributed by atoms with E-state index < -0.39 is 17.3 Å². The van der Waals surface area contributed by atoms with Crippen molar-refractivity contribution in [3.8, 4) is 5.75 Å². The molecule has 1 aliphatic rings. The van der Waals surface area contributed by atoms with Gasteiger partial charge in [0.1, 0.15) is 5.75 Å². The highest BCUT2D eigenvalue weighted by molar-refractivity contribution is 5.85. The number of fused-ring (bicyclic) bond motifs is 1. The molecule has 1 aromatic carbocycles. The largest absolute Gasteiger partial charge is 0.507 e. The average Bonchev–Trinajstić information content (AvgIpc) is 2.51. The number of hydrogen-bond acceptors (Lipinski definition) is 4. The minimum Gasteiger partial charge on any atom is -0.507 e. The SMILES string of the molecule is C[C@@H](c1c(O)c2ccccc2[nH]c1=O)[C@@]1(C)CC[C@@H](O)C(C)(C)O1. The van der Waals surface area contributed by atoms with Gasteiger partial charge in [-0.1, -0.05) is 19.1 Å². The Labute approximate surface area is 141 Å². The number of hydrogen-bond donors (Lipinski definition) is 3. The predicted molar refractivity (Wildman–Crippen MR) is 93.5 cm³/mol. The van der Waals surface area contributed by atoms with Crippen molar-refractivity contribution < 1.29 is 14.9 Å². The molecule has 0 aliphatic carbocycles. The fourth-order valence-corrected chi connectivity index (χ4v) is 3.74. The molecule has 0 saturated carbocycles. The molecule has 3 N–H and O–H groups in total. The topological polar surface area (TPSA) is 82.5 Å². The van der Waals surface area contributed by atoms with Gasteiger partial charge in [-0.3, -0.25) is 4.79 Å². The van der Waals surface area contributed by atoms with Crippen molar-refractivity contribution in [1.29, 1.82) is 0 Å². The highest BCUT2D eigenvalue weighted by atomic mass is 16.5. The lowest BCUT2D eigenvalue weighted by Gasteiger charge is -2.49. The predicted octanol–water partition coefficient (Wildman–Crippen LogP) is 3.05. The Balaban J connectivity index is 2.09. The summed E-state index contributed by atoms with van der Waals surface area (Å²) in [5.74, 6) is -0.312. The van der Waals surface area contributed by atoms with Gasteiger partial charge in [0.05, 0.1) is 28.4 Å². The maximum atomic E-state index is 12.6. The zero-order valence-electron chi connectivity index (χ0n) is 14.6. The number of aliphatic hydroxyl groups excluding tert-OH is 1. The van der Waals surface area contributed by atoms with Gasteiger partial charge in [-0.05, 0) is 45.7 Å². The van der Waals surface area contributed by atoms with Crippen LogP contribution in [0.15, 0.2) is 29.1 Å². The lowest BCUT2D eigenvalue weighted by atomic mass is 9.76. The number of aromatic nitrogens is 1. The first-order valence-corrected chi connectivity index (χ1v) is 8.38. The van der Waals surface area contributed by atoms with Crippen LogP contribution in [-0.2, 0) is 4.74 Å². The molecule has 3 rings (SSSR count). The Bertz CT molecular complexity index is 826. The number of aromatic hydroxyl groups is 1. The molecule has 0 radical (unpaired) electrons. The third-order valence-electron chi connectivity index (χ3n) is 5.49. The van der Waals surface area contributed by atoms with Crippen molar-refractivity contribution in [3.63, 3.8) is 0 Å². The van der Waals surface area contributed by atoms with E-state index in [1.807, 2.05) is 39.8 Å². The van der Waals surface area contributed by atoms with E-state index in [4.69, 9.17) is 4.74 Å². The first-order chi connectivity index (χ1) is 11.2. The van der Waals surface area contributed by atoms with Crippen LogP contribution in [-0.4, -0.2) is 32.5 Å². The molecule has 1 saturated heterocycles. The summed E-state index contributed by atoms with van der Waals surface area (Å²) in [6.45, 7) is 7.55. The van der Waals surface area contributed by atoms with Crippen molar-refractivity contribution in [2.24, 2.45) is 0 Å². The number of para-hydroxylation sites is 1. The van der Waals surface area contributed by atoms with E-state index in [0.717, 1.165) is 0 Å². The first kappa shape index (κ1) is 17.0. The van der Waals surface area contributed by atoms with E-state index in [0.29, 0.717) is 29.3 Å². The average molecular weight is 331 g/mol. The van der Waals surface area contributed by atoms with E-state index in [2.05, 4.69) is 4.98 Å². The quantitative estimate of drug-likeness (QED) is 0.790. The third-order valence-corrected chi connectivity index (χ3v) is 5.49. The summed E-state index contributed by atoms with van der Waals surface area (Å²) in [4.78, 5) is 15.4. The van der Waals surface area contributed by atoms with Gasteiger partial charge >= 0.3 is 0 Å². The Hall–Kier alpha value is -1.85. The molecular weight excluding hydrogens is 306 g/mol. The van der Waals surface area contributed by atoms with Gasteiger partial charge < -0.3 is 19.9 Å². The number of rotatable bonds is 2. The van der Waals surface area contributed by atoms with E-state index in [1.54, 1.807) is 12.1 Å². The Morgan fingerprint density at radius 2 is 1.96 bits per heavy atom. The van der Waals surface area contributed by atoms with Gasteiger partial charge in [0.2, 0.25) is 0 Å². The molecule has 2 heterocycles. The standard InChI is InChI=1S/C19H25NO4/c1-11(19(4)10-9-14(21)18(2,3)24-19)15-16(22)12-7-5-6-8-13(12)20-17(15)23/h5-8,11,14,21H,9-10H2,1-4H3,(H2,20,22,23)/t11-,14+,19+/m0/s1. The molecular formula is C19H25NO4. The van der Waals surface area contributed by atoms with Crippen LogP contribution in [0.1, 0.15) is 52.0 Å². The molecule has 0 spiro atoms. The van der Waals surface area contributed by atoms with Gasteiger partial charge in [0.25, 0.3) is 5.56 Å². The van der Waals surface area contributed by atoms with E-state index >= 15 is 0 Å². The van der Waals surface area contributed by atoms with Crippen molar-refractivity contribution in [3.05, 3.63) is 40.2 Å². The van der Waals surface area contributed by atoms with Gasteiger partial charge in [-0.2, -0.15) is 0 Å². The molecule has 0 amide bonds. The van der Waals surface area contributed by atoms with Crippen molar-refractivity contribution in [2.45, 2.75) is 63.8 Å². The first-order valence-electron chi connectivity index (χ1n) is 8.38. The maximum absolute atomic E-state index is 12.6. The van der Waals surface area contributed by atoms with E-state index in [9.17, 15) is 15.0 Å². The molecule has 0 unspecified atom stereocenters.